The first-order valence-corrected chi connectivity index (χ1v) is 5.31. The molecular formula is C12H19NO2. The zero-order valence-electron chi connectivity index (χ0n) is 9.40. The highest BCUT2D eigenvalue weighted by Gasteiger charge is 2.07. The zero-order valence-corrected chi connectivity index (χ0v) is 9.40. The first-order chi connectivity index (χ1) is 7.30. The Morgan fingerprint density at radius 1 is 1.33 bits per heavy atom. The first kappa shape index (κ1) is 11.9. The maximum Gasteiger partial charge on any atom is 0.123 e. The standard InChI is InChI=1S/C12H19NO2/c1-3-5-12(9-13)15-11-7-4-6-10(8-11)14-2/h4,6-8,12H,3,5,9,13H2,1-2H3. The fourth-order valence-corrected chi connectivity index (χ4v) is 1.41. The van der Waals surface area contributed by atoms with Gasteiger partial charge in [-0.25, -0.2) is 0 Å². The largest absolute Gasteiger partial charge is 0.497 e. The van der Waals surface area contributed by atoms with Crippen LogP contribution in [0.25, 0.3) is 0 Å². The van der Waals surface area contributed by atoms with Gasteiger partial charge in [-0.15, -0.1) is 0 Å². The fraction of sp³-hybridized carbons (Fsp3) is 0.500. The van der Waals surface area contributed by atoms with Gasteiger partial charge in [0.2, 0.25) is 0 Å². The summed E-state index contributed by atoms with van der Waals surface area (Å²) < 4.78 is 10.9. The molecule has 0 fully saturated rings. The molecule has 1 aromatic rings. The zero-order chi connectivity index (χ0) is 11.1. The molecule has 0 aliphatic rings. The summed E-state index contributed by atoms with van der Waals surface area (Å²) in [5.41, 5.74) is 5.62. The van der Waals surface area contributed by atoms with Crippen LogP contribution in [0.4, 0.5) is 0 Å². The minimum Gasteiger partial charge on any atom is -0.497 e. The van der Waals surface area contributed by atoms with E-state index in [9.17, 15) is 0 Å². The van der Waals surface area contributed by atoms with Gasteiger partial charge in [0.1, 0.15) is 17.6 Å². The summed E-state index contributed by atoms with van der Waals surface area (Å²) in [5, 5.41) is 0. The van der Waals surface area contributed by atoms with Crippen LogP contribution in [0.15, 0.2) is 24.3 Å². The third-order valence-electron chi connectivity index (χ3n) is 2.22. The van der Waals surface area contributed by atoms with E-state index in [0.717, 1.165) is 24.3 Å². The number of methoxy groups -OCH3 is 1. The predicted octanol–water partition coefficient (Wildman–Crippen LogP) is 2.20. The van der Waals surface area contributed by atoms with Gasteiger partial charge in [-0.2, -0.15) is 0 Å². The second-order valence-corrected chi connectivity index (χ2v) is 3.44. The molecule has 2 N–H and O–H groups in total. The maximum atomic E-state index is 5.74. The van der Waals surface area contributed by atoms with Crippen molar-refractivity contribution in [2.45, 2.75) is 25.9 Å². The van der Waals surface area contributed by atoms with Crippen LogP contribution in [0.2, 0.25) is 0 Å². The van der Waals surface area contributed by atoms with Crippen LogP contribution in [-0.2, 0) is 0 Å². The summed E-state index contributed by atoms with van der Waals surface area (Å²) in [6.45, 7) is 2.67. The second kappa shape index (κ2) is 6.30. The molecule has 0 spiro atoms. The van der Waals surface area contributed by atoms with Crippen LogP contribution < -0.4 is 15.2 Å². The van der Waals surface area contributed by atoms with Gasteiger partial charge in [-0.1, -0.05) is 19.4 Å². The van der Waals surface area contributed by atoms with Gasteiger partial charge >= 0.3 is 0 Å². The minimum absolute atomic E-state index is 0.0992. The lowest BCUT2D eigenvalue weighted by molar-refractivity contribution is 0.197. The molecule has 0 radical (unpaired) electrons. The molecule has 0 aliphatic carbocycles. The highest BCUT2D eigenvalue weighted by molar-refractivity contribution is 5.32. The highest BCUT2D eigenvalue weighted by Crippen LogP contribution is 2.20. The van der Waals surface area contributed by atoms with Crippen molar-refractivity contribution in [3.05, 3.63) is 24.3 Å². The lowest BCUT2D eigenvalue weighted by Crippen LogP contribution is -2.26. The molecule has 15 heavy (non-hydrogen) atoms. The van der Waals surface area contributed by atoms with E-state index in [1.54, 1.807) is 7.11 Å². The Kier molecular flexibility index (Phi) is 4.98. The average molecular weight is 209 g/mol. The molecule has 0 saturated carbocycles. The summed E-state index contributed by atoms with van der Waals surface area (Å²) >= 11 is 0. The molecule has 0 aromatic heterocycles. The third-order valence-corrected chi connectivity index (χ3v) is 2.22. The first-order valence-electron chi connectivity index (χ1n) is 5.31. The number of hydrogen-bond acceptors (Lipinski definition) is 3. The van der Waals surface area contributed by atoms with Gasteiger partial charge in [0, 0.05) is 12.6 Å². The summed E-state index contributed by atoms with van der Waals surface area (Å²) in [5.74, 6) is 1.62. The molecule has 1 aromatic carbocycles. The van der Waals surface area contributed by atoms with E-state index in [1.165, 1.54) is 0 Å². The normalized spacial score (nSPS) is 12.2. The van der Waals surface area contributed by atoms with Crippen molar-refractivity contribution >= 4 is 0 Å². The summed E-state index contributed by atoms with van der Waals surface area (Å²) in [7, 11) is 1.64. The molecule has 0 bridgehead atoms. The van der Waals surface area contributed by atoms with Crippen molar-refractivity contribution in [2.24, 2.45) is 5.73 Å². The number of hydrogen-bond donors (Lipinski definition) is 1. The molecule has 0 amide bonds. The van der Waals surface area contributed by atoms with E-state index in [0.29, 0.717) is 6.54 Å². The van der Waals surface area contributed by atoms with Crippen LogP contribution in [-0.4, -0.2) is 19.8 Å². The molecule has 0 heterocycles. The number of nitrogens with two attached hydrogens (primary N) is 1. The van der Waals surface area contributed by atoms with E-state index >= 15 is 0 Å². The van der Waals surface area contributed by atoms with Gasteiger partial charge < -0.3 is 15.2 Å². The van der Waals surface area contributed by atoms with E-state index in [-0.39, 0.29) is 6.10 Å². The van der Waals surface area contributed by atoms with E-state index in [4.69, 9.17) is 15.2 Å². The second-order valence-electron chi connectivity index (χ2n) is 3.44. The Balaban J connectivity index is 2.61. The van der Waals surface area contributed by atoms with Gasteiger partial charge in [0.05, 0.1) is 7.11 Å². The smallest absolute Gasteiger partial charge is 0.123 e. The SMILES string of the molecule is CCCC(CN)Oc1cccc(OC)c1. The van der Waals surface area contributed by atoms with Crippen LogP contribution in [0.1, 0.15) is 19.8 Å². The van der Waals surface area contributed by atoms with Crippen molar-refractivity contribution in [3.8, 4) is 11.5 Å². The number of ether oxygens (including phenoxy) is 2. The van der Waals surface area contributed by atoms with Crippen LogP contribution in [0.3, 0.4) is 0 Å². The lowest BCUT2D eigenvalue weighted by Gasteiger charge is -2.16. The van der Waals surface area contributed by atoms with Crippen LogP contribution >= 0.6 is 0 Å². The molecule has 0 saturated heterocycles. The highest BCUT2D eigenvalue weighted by atomic mass is 16.5. The van der Waals surface area contributed by atoms with E-state index < -0.39 is 0 Å². The van der Waals surface area contributed by atoms with E-state index in [2.05, 4.69) is 6.92 Å². The van der Waals surface area contributed by atoms with Crippen LogP contribution in [0.5, 0.6) is 11.5 Å². The topological polar surface area (TPSA) is 44.5 Å². The lowest BCUT2D eigenvalue weighted by atomic mass is 10.2. The molecule has 84 valence electrons. The molecule has 1 rings (SSSR count). The summed E-state index contributed by atoms with van der Waals surface area (Å²) in [6, 6.07) is 7.59. The van der Waals surface area contributed by atoms with Crippen molar-refractivity contribution in [1.29, 1.82) is 0 Å². The van der Waals surface area contributed by atoms with Crippen LogP contribution in [0, 0.1) is 0 Å². The molecule has 0 aliphatic heterocycles. The van der Waals surface area contributed by atoms with E-state index in [1.807, 2.05) is 24.3 Å². The Labute approximate surface area is 91.2 Å². The molecule has 3 heteroatoms. The quantitative estimate of drug-likeness (QED) is 0.781. The molecule has 1 unspecified atom stereocenters. The predicted molar refractivity (Wildman–Crippen MR) is 61.4 cm³/mol. The Bertz CT molecular complexity index is 289. The van der Waals surface area contributed by atoms with Crippen molar-refractivity contribution in [1.82, 2.24) is 0 Å². The monoisotopic (exact) mass is 209 g/mol. The van der Waals surface area contributed by atoms with Crippen molar-refractivity contribution in [3.63, 3.8) is 0 Å². The Morgan fingerprint density at radius 2 is 2.07 bits per heavy atom. The summed E-state index contributed by atoms with van der Waals surface area (Å²) in [4.78, 5) is 0. The van der Waals surface area contributed by atoms with Crippen molar-refractivity contribution < 1.29 is 9.47 Å². The Morgan fingerprint density at radius 3 is 2.67 bits per heavy atom. The average Bonchev–Trinajstić information content (AvgIpc) is 2.29. The fourth-order valence-electron chi connectivity index (χ4n) is 1.41. The van der Waals surface area contributed by atoms with Gasteiger partial charge in [-0.3, -0.25) is 0 Å². The van der Waals surface area contributed by atoms with Gasteiger partial charge in [0.15, 0.2) is 0 Å². The third kappa shape index (κ3) is 3.80. The minimum atomic E-state index is 0.0992. The van der Waals surface area contributed by atoms with Gasteiger partial charge in [-0.05, 0) is 18.6 Å². The number of benzene rings is 1. The van der Waals surface area contributed by atoms with Gasteiger partial charge in [0.25, 0.3) is 0 Å². The molecule has 3 nitrogen and oxygen atoms in total. The maximum absolute atomic E-state index is 5.74. The summed E-state index contributed by atoms with van der Waals surface area (Å²) in [6.07, 6.45) is 2.15. The Hall–Kier alpha value is -1.22. The molecular weight excluding hydrogens is 190 g/mol. The number of rotatable bonds is 6. The molecule has 1 atom stereocenters. The van der Waals surface area contributed by atoms with Crippen molar-refractivity contribution in [2.75, 3.05) is 13.7 Å².